The summed E-state index contributed by atoms with van der Waals surface area (Å²) < 4.78 is 5.17. The third-order valence-electron chi connectivity index (χ3n) is 3.20. The number of benzene rings is 1. The van der Waals surface area contributed by atoms with E-state index in [9.17, 15) is 0 Å². The van der Waals surface area contributed by atoms with Crippen LogP contribution >= 0.6 is 11.8 Å². The first-order valence-electron chi connectivity index (χ1n) is 6.67. The SMILES string of the molecule is CNc1cc(Sc2ccc(OC)cc2)nc(C2CC2)n1. The first-order valence-corrected chi connectivity index (χ1v) is 7.49. The molecule has 2 aromatic rings. The van der Waals surface area contributed by atoms with E-state index in [2.05, 4.69) is 15.3 Å². The fourth-order valence-corrected chi connectivity index (χ4v) is 2.74. The van der Waals surface area contributed by atoms with Crippen LogP contribution in [0, 0.1) is 0 Å². The quantitative estimate of drug-likeness (QED) is 0.852. The minimum Gasteiger partial charge on any atom is -0.497 e. The predicted octanol–water partition coefficient (Wildman–Crippen LogP) is 3.56. The van der Waals surface area contributed by atoms with Gasteiger partial charge in [-0.05, 0) is 37.1 Å². The molecule has 0 spiro atoms. The van der Waals surface area contributed by atoms with E-state index in [0.717, 1.165) is 27.3 Å². The molecule has 1 aromatic heterocycles. The second kappa shape index (κ2) is 5.71. The lowest BCUT2D eigenvalue weighted by Crippen LogP contribution is -2.00. The number of hydrogen-bond donors (Lipinski definition) is 1. The average molecular weight is 287 g/mol. The van der Waals surface area contributed by atoms with Crippen LogP contribution in [-0.4, -0.2) is 24.1 Å². The molecule has 104 valence electrons. The highest BCUT2D eigenvalue weighted by Crippen LogP contribution is 2.39. The van der Waals surface area contributed by atoms with E-state index >= 15 is 0 Å². The maximum absolute atomic E-state index is 5.17. The zero-order valence-electron chi connectivity index (χ0n) is 11.6. The molecule has 1 aliphatic carbocycles. The van der Waals surface area contributed by atoms with Gasteiger partial charge in [0, 0.05) is 23.9 Å². The Labute approximate surface area is 123 Å². The van der Waals surface area contributed by atoms with E-state index in [1.54, 1.807) is 18.9 Å². The van der Waals surface area contributed by atoms with Gasteiger partial charge < -0.3 is 10.1 Å². The van der Waals surface area contributed by atoms with E-state index in [1.807, 2.05) is 37.4 Å². The Bertz CT molecular complexity index is 597. The maximum Gasteiger partial charge on any atom is 0.135 e. The van der Waals surface area contributed by atoms with Crippen molar-refractivity contribution in [1.82, 2.24) is 9.97 Å². The van der Waals surface area contributed by atoms with E-state index in [1.165, 1.54) is 12.8 Å². The molecule has 0 saturated heterocycles. The number of rotatable bonds is 5. The maximum atomic E-state index is 5.17. The Morgan fingerprint density at radius 3 is 2.55 bits per heavy atom. The molecule has 1 saturated carbocycles. The van der Waals surface area contributed by atoms with Gasteiger partial charge in [-0.2, -0.15) is 0 Å². The molecule has 0 atom stereocenters. The van der Waals surface area contributed by atoms with Gasteiger partial charge in [0.15, 0.2) is 0 Å². The van der Waals surface area contributed by atoms with Crippen molar-refractivity contribution in [2.24, 2.45) is 0 Å². The van der Waals surface area contributed by atoms with Gasteiger partial charge in [-0.15, -0.1) is 0 Å². The van der Waals surface area contributed by atoms with Crippen molar-refractivity contribution in [2.75, 3.05) is 19.5 Å². The standard InChI is InChI=1S/C15H17N3OS/c1-16-13-9-14(18-15(17-13)10-3-4-10)20-12-7-5-11(19-2)6-8-12/h5-10H,3-4H2,1-2H3,(H,16,17,18). The molecule has 0 aliphatic heterocycles. The summed E-state index contributed by atoms with van der Waals surface area (Å²) in [5.41, 5.74) is 0. The third kappa shape index (κ3) is 3.04. The largest absolute Gasteiger partial charge is 0.497 e. The van der Waals surface area contributed by atoms with Gasteiger partial charge >= 0.3 is 0 Å². The summed E-state index contributed by atoms with van der Waals surface area (Å²) in [5.74, 6) is 3.27. The minimum absolute atomic E-state index is 0.554. The Hall–Kier alpha value is -1.75. The number of nitrogens with zero attached hydrogens (tertiary/aromatic N) is 2. The summed E-state index contributed by atoms with van der Waals surface area (Å²) in [7, 11) is 3.56. The van der Waals surface area contributed by atoms with Gasteiger partial charge in [0.05, 0.1) is 7.11 Å². The number of hydrogen-bond acceptors (Lipinski definition) is 5. The Morgan fingerprint density at radius 2 is 1.95 bits per heavy atom. The third-order valence-corrected chi connectivity index (χ3v) is 4.13. The van der Waals surface area contributed by atoms with E-state index in [0.29, 0.717) is 5.92 Å². The molecule has 1 fully saturated rings. The second-order valence-electron chi connectivity index (χ2n) is 4.75. The second-order valence-corrected chi connectivity index (χ2v) is 5.85. The molecule has 1 heterocycles. The lowest BCUT2D eigenvalue weighted by Gasteiger charge is -2.07. The van der Waals surface area contributed by atoms with Gasteiger partial charge in [0.2, 0.25) is 0 Å². The molecular formula is C15H17N3OS. The molecule has 5 heteroatoms. The molecule has 0 bridgehead atoms. The zero-order chi connectivity index (χ0) is 13.9. The Balaban J connectivity index is 1.83. The number of ether oxygens (including phenoxy) is 1. The van der Waals surface area contributed by atoms with Crippen LogP contribution < -0.4 is 10.1 Å². The first-order chi connectivity index (χ1) is 9.78. The molecule has 1 aromatic carbocycles. The highest BCUT2D eigenvalue weighted by atomic mass is 32.2. The number of anilines is 1. The van der Waals surface area contributed by atoms with Crippen LogP contribution in [0.5, 0.6) is 5.75 Å². The lowest BCUT2D eigenvalue weighted by atomic mass is 10.3. The van der Waals surface area contributed by atoms with Crippen molar-refractivity contribution in [2.45, 2.75) is 28.7 Å². The van der Waals surface area contributed by atoms with Crippen molar-refractivity contribution >= 4 is 17.6 Å². The van der Waals surface area contributed by atoms with Crippen molar-refractivity contribution in [3.8, 4) is 5.75 Å². The molecule has 1 N–H and O–H groups in total. The fourth-order valence-electron chi connectivity index (χ4n) is 1.91. The molecule has 0 amide bonds. The predicted molar refractivity (Wildman–Crippen MR) is 80.7 cm³/mol. The van der Waals surface area contributed by atoms with Crippen molar-refractivity contribution in [3.63, 3.8) is 0 Å². The van der Waals surface area contributed by atoms with Crippen LogP contribution in [0.1, 0.15) is 24.6 Å². The molecule has 3 rings (SSSR count). The van der Waals surface area contributed by atoms with Crippen LogP contribution in [0.15, 0.2) is 40.3 Å². The van der Waals surface area contributed by atoms with Crippen LogP contribution in [-0.2, 0) is 0 Å². The average Bonchev–Trinajstić information content (AvgIpc) is 3.32. The van der Waals surface area contributed by atoms with Crippen molar-refractivity contribution in [1.29, 1.82) is 0 Å². The first kappa shape index (κ1) is 13.2. The van der Waals surface area contributed by atoms with Gasteiger partial charge in [0.25, 0.3) is 0 Å². The molecule has 1 aliphatic rings. The van der Waals surface area contributed by atoms with Crippen molar-refractivity contribution < 1.29 is 4.74 Å². The van der Waals surface area contributed by atoms with E-state index in [4.69, 9.17) is 4.74 Å². The van der Waals surface area contributed by atoms with Crippen LogP contribution in [0.3, 0.4) is 0 Å². The summed E-state index contributed by atoms with van der Waals surface area (Å²) in [6.45, 7) is 0. The van der Waals surface area contributed by atoms with Gasteiger partial charge in [-0.1, -0.05) is 11.8 Å². The van der Waals surface area contributed by atoms with E-state index in [-0.39, 0.29) is 0 Å². The minimum atomic E-state index is 0.554. The summed E-state index contributed by atoms with van der Waals surface area (Å²) >= 11 is 1.65. The Kier molecular flexibility index (Phi) is 3.78. The molecule has 0 radical (unpaired) electrons. The summed E-state index contributed by atoms with van der Waals surface area (Å²) in [5, 5.41) is 4.09. The van der Waals surface area contributed by atoms with Gasteiger partial charge in [0.1, 0.15) is 22.4 Å². The highest BCUT2D eigenvalue weighted by molar-refractivity contribution is 7.99. The van der Waals surface area contributed by atoms with Gasteiger partial charge in [-0.3, -0.25) is 0 Å². The number of nitrogens with one attached hydrogen (secondary N) is 1. The zero-order valence-corrected chi connectivity index (χ0v) is 12.4. The van der Waals surface area contributed by atoms with Crippen LogP contribution in [0.25, 0.3) is 0 Å². The summed E-state index contributed by atoms with van der Waals surface area (Å²) in [6.07, 6.45) is 2.42. The lowest BCUT2D eigenvalue weighted by molar-refractivity contribution is 0.414. The molecular weight excluding hydrogens is 270 g/mol. The van der Waals surface area contributed by atoms with Crippen LogP contribution in [0.2, 0.25) is 0 Å². The van der Waals surface area contributed by atoms with Gasteiger partial charge in [-0.25, -0.2) is 9.97 Å². The topological polar surface area (TPSA) is 47.0 Å². The smallest absolute Gasteiger partial charge is 0.135 e. The van der Waals surface area contributed by atoms with Crippen molar-refractivity contribution in [3.05, 3.63) is 36.2 Å². The highest BCUT2D eigenvalue weighted by Gasteiger charge is 2.27. The molecule has 20 heavy (non-hydrogen) atoms. The Morgan fingerprint density at radius 1 is 1.20 bits per heavy atom. The fraction of sp³-hybridized carbons (Fsp3) is 0.333. The normalized spacial score (nSPS) is 14.1. The van der Waals surface area contributed by atoms with Crippen LogP contribution in [0.4, 0.5) is 5.82 Å². The molecule has 4 nitrogen and oxygen atoms in total. The molecule has 0 unspecified atom stereocenters. The number of methoxy groups -OCH3 is 1. The summed E-state index contributed by atoms with van der Waals surface area (Å²) in [4.78, 5) is 10.3. The summed E-state index contributed by atoms with van der Waals surface area (Å²) in [6, 6.07) is 10.00. The monoisotopic (exact) mass is 287 g/mol. The number of aromatic nitrogens is 2. The van der Waals surface area contributed by atoms with E-state index < -0.39 is 0 Å².